The first kappa shape index (κ1) is 16.8. The number of ether oxygens (including phenoxy) is 1. The fourth-order valence-corrected chi connectivity index (χ4v) is 3.02. The van der Waals surface area contributed by atoms with Gasteiger partial charge in [-0.15, -0.1) is 0 Å². The predicted molar refractivity (Wildman–Crippen MR) is 73.3 cm³/mol. The SMILES string of the molecule is CC(C)(C)OC(=O)N[C@H](C(=O)O)[C@]1(C)[C@@H](CO)C1(C)C. The number of amides is 1. The summed E-state index contributed by atoms with van der Waals surface area (Å²) in [7, 11) is 0. The largest absolute Gasteiger partial charge is 0.480 e. The van der Waals surface area contributed by atoms with Crippen molar-refractivity contribution in [1.29, 1.82) is 0 Å². The molecule has 0 saturated heterocycles. The number of aliphatic hydroxyl groups is 1. The highest BCUT2D eigenvalue weighted by molar-refractivity contribution is 5.82. The van der Waals surface area contributed by atoms with Crippen LogP contribution in [0.4, 0.5) is 4.79 Å². The Bertz CT molecular complexity index is 412. The lowest BCUT2D eigenvalue weighted by molar-refractivity contribution is -0.141. The first-order chi connectivity index (χ1) is 8.88. The lowest BCUT2D eigenvalue weighted by atomic mass is 9.89. The van der Waals surface area contributed by atoms with E-state index in [1.165, 1.54) is 0 Å². The molecule has 0 aromatic carbocycles. The molecular formula is C14H25NO5. The molecule has 0 spiro atoms. The average Bonchev–Trinajstić information content (AvgIpc) is 2.66. The fourth-order valence-electron chi connectivity index (χ4n) is 3.02. The first-order valence-electron chi connectivity index (χ1n) is 6.71. The van der Waals surface area contributed by atoms with E-state index in [9.17, 15) is 19.8 Å². The lowest BCUT2D eigenvalue weighted by Crippen LogP contribution is -2.49. The second-order valence-corrected chi connectivity index (χ2v) is 7.16. The highest BCUT2D eigenvalue weighted by atomic mass is 16.6. The van der Waals surface area contributed by atoms with Gasteiger partial charge in [-0.1, -0.05) is 20.8 Å². The Balaban J connectivity index is 2.88. The van der Waals surface area contributed by atoms with E-state index in [-0.39, 0.29) is 17.9 Å². The minimum absolute atomic E-state index is 0.108. The third-order valence-electron chi connectivity index (χ3n) is 4.59. The third kappa shape index (κ3) is 2.75. The second kappa shape index (κ2) is 4.91. The molecule has 1 fully saturated rings. The minimum Gasteiger partial charge on any atom is -0.480 e. The molecule has 1 amide bonds. The van der Waals surface area contributed by atoms with Crippen molar-refractivity contribution in [3.05, 3.63) is 0 Å². The highest BCUT2D eigenvalue weighted by Crippen LogP contribution is 2.70. The molecule has 0 aromatic heterocycles. The van der Waals surface area contributed by atoms with Gasteiger partial charge in [0, 0.05) is 12.0 Å². The van der Waals surface area contributed by atoms with Gasteiger partial charge in [0.25, 0.3) is 0 Å². The highest BCUT2D eigenvalue weighted by Gasteiger charge is 2.72. The first-order valence-corrected chi connectivity index (χ1v) is 6.71. The maximum absolute atomic E-state index is 11.8. The maximum Gasteiger partial charge on any atom is 0.408 e. The lowest BCUT2D eigenvalue weighted by Gasteiger charge is -2.27. The molecule has 1 aliphatic carbocycles. The van der Waals surface area contributed by atoms with E-state index in [1.807, 2.05) is 13.8 Å². The zero-order valence-corrected chi connectivity index (χ0v) is 13.0. The summed E-state index contributed by atoms with van der Waals surface area (Å²) in [6.07, 6.45) is -0.759. The summed E-state index contributed by atoms with van der Waals surface area (Å²) in [4.78, 5) is 23.3. The van der Waals surface area contributed by atoms with Crippen LogP contribution in [-0.2, 0) is 9.53 Å². The van der Waals surface area contributed by atoms with Crippen LogP contribution in [0, 0.1) is 16.7 Å². The van der Waals surface area contributed by atoms with Gasteiger partial charge in [-0.25, -0.2) is 9.59 Å². The van der Waals surface area contributed by atoms with Crippen molar-refractivity contribution in [2.24, 2.45) is 16.7 Å². The van der Waals surface area contributed by atoms with E-state index >= 15 is 0 Å². The maximum atomic E-state index is 11.8. The van der Waals surface area contributed by atoms with Gasteiger partial charge < -0.3 is 20.3 Å². The van der Waals surface area contributed by atoms with Gasteiger partial charge in [-0.05, 0) is 32.1 Å². The zero-order valence-electron chi connectivity index (χ0n) is 13.0. The molecule has 0 heterocycles. The van der Waals surface area contributed by atoms with Crippen molar-refractivity contribution in [1.82, 2.24) is 5.32 Å². The Labute approximate surface area is 119 Å². The summed E-state index contributed by atoms with van der Waals surface area (Å²) in [5, 5.41) is 21.2. The molecule has 20 heavy (non-hydrogen) atoms. The minimum atomic E-state index is -1.12. The van der Waals surface area contributed by atoms with Gasteiger partial charge in [0.15, 0.2) is 0 Å². The Hall–Kier alpha value is -1.30. The quantitative estimate of drug-likeness (QED) is 0.730. The van der Waals surface area contributed by atoms with Crippen LogP contribution in [0.2, 0.25) is 0 Å². The number of carboxylic acids is 1. The molecule has 0 aliphatic heterocycles. The monoisotopic (exact) mass is 287 g/mol. The van der Waals surface area contributed by atoms with Gasteiger partial charge in [-0.2, -0.15) is 0 Å². The number of aliphatic hydroxyl groups excluding tert-OH is 1. The van der Waals surface area contributed by atoms with Crippen molar-refractivity contribution in [2.75, 3.05) is 6.61 Å². The van der Waals surface area contributed by atoms with E-state index in [0.717, 1.165) is 0 Å². The topological polar surface area (TPSA) is 95.9 Å². The summed E-state index contributed by atoms with van der Waals surface area (Å²) >= 11 is 0. The predicted octanol–water partition coefficient (Wildman–Crippen LogP) is 1.62. The summed E-state index contributed by atoms with van der Waals surface area (Å²) in [5.74, 6) is -1.30. The van der Waals surface area contributed by atoms with E-state index in [2.05, 4.69) is 5.32 Å². The summed E-state index contributed by atoms with van der Waals surface area (Å²) in [5.41, 5.74) is -1.76. The average molecular weight is 287 g/mol. The number of aliphatic carboxylic acids is 1. The number of nitrogens with one attached hydrogen (secondary N) is 1. The molecule has 6 nitrogen and oxygen atoms in total. The number of alkyl carbamates (subject to hydrolysis) is 1. The van der Waals surface area contributed by atoms with Gasteiger partial charge in [0.05, 0.1) is 0 Å². The van der Waals surface area contributed by atoms with Crippen LogP contribution in [0.25, 0.3) is 0 Å². The molecule has 6 heteroatoms. The molecule has 3 atom stereocenters. The fraction of sp³-hybridized carbons (Fsp3) is 0.857. The Morgan fingerprint density at radius 1 is 1.30 bits per heavy atom. The van der Waals surface area contributed by atoms with Crippen LogP contribution >= 0.6 is 0 Å². The van der Waals surface area contributed by atoms with Crippen LogP contribution < -0.4 is 5.32 Å². The van der Waals surface area contributed by atoms with Crippen LogP contribution in [0.3, 0.4) is 0 Å². The van der Waals surface area contributed by atoms with E-state index < -0.39 is 29.1 Å². The van der Waals surface area contributed by atoms with E-state index in [0.29, 0.717) is 0 Å². The van der Waals surface area contributed by atoms with Crippen molar-refractivity contribution in [3.8, 4) is 0 Å². The van der Waals surface area contributed by atoms with Gasteiger partial charge in [0.2, 0.25) is 0 Å². The van der Waals surface area contributed by atoms with Gasteiger partial charge in [0.1, 0.15) is 11.6 Å². The number of carbonyl (C=O) groups is 2. The molecule has 0 radical (unpaired) electrons. The number of rotatable bonds is 4. The standard InChI is InChI=1S/C14H25NO5/c1-12(2,3)20-11(19)15-9(10(17)18)14(6)8(7-16)13(14,4)5/h8-9,16H,7H2,1-6H3,(H,15,19)(H,17,18)/t8-,9+,14-/m0/s1. The van der Waals surface area contributed by atoms with Crippen molar-refractivity contribution in [2.45, 2.75) is 53.2 Å². The second-order valence-electron chi connectivity index (χ2n) is 7.16. The molecule has 1 aliphatic rings. The molecule has 0 aromatic rings. The van der Waals surface area contributed by atoms with Gasteiger partial charge >= 0.3 is 12.1 Å². The van der Waals surface area contributed by atoms with Crippen molar-refractivity contribution >= 4 is 12.1 Å². The van der Waals surface area contributed by atoms with Crippen LogP contribution in [-0.4, -0.2) is 40.5 Å². The Kier molecular flexibility index (Phi) is 4.11. The molecule has 0 unspecified atom stereocenters. The van der Waals surface area contributed by atoms with Crippen LogP contribution in [0.15, 0.2) is 0 Å². The van der Waals surface area contributed by atoms with E-state index in [1.54, 1.807) is 27.7 Å². The molecule has 3 N–H and O–H groups in total. The number of hydrogen-bond acceptors (Lipinski definition) is 4. The Morgan fingerprint density at radius 2 is 1.80 bits per heavy atom. The molecule has 1 rings (SSSR count). The Morgan fingerprint density at radius 3 is 2.10 bits per heavy atom. The third-order valence-corrected chi connectivity index (χ3v) is 4.59. The summed E-state index contributed by atoms with van der Waals surface area (Å²) < 4.78 is 5.10. The van der Waals surface area contributed by atoms with E-state index in [4.69, 9.17) is 4.74 Å². The zero-order chi connectivity index (χ0) is 15.9. The van der Waals surface area contributed by atoms with Crippen LogP contribution in [0.5, 0.6) is 0 Å². The normalized spacial score (nSPS) is 29.4. The summed E-state index contributed by atoms with van der Waals surface area (Å²) in [6.45, 7) is 10.6. The molecule has 116 valence electrons. The number of hydrogen-bond donors (Lipinski definition) is 3. The molecular weight excluding hydrogens is 262 g/mol. The molecule has 0 bridgehead atoms. The van der Waals surface area contributed by atoms with Gasteiger partial charge in [-0.3, -0.25) is 0 Å². The van der Waals surface area contributed by atoms with Crippen molar-refractivity contribution in [3.63, 3.8) is 0 Å². The number of carbonyl (C=O) groups excluding carboxylic acids is 1. The molecule has 1 saturated carbocycles. The smallest absolute Gasteiger partial charge is 0.408 e. The number of carboxylic acid groups (broad SMARTS) is 1. The van der Waals surface area contributed by atoms with Crippen LogP contribution in [0.1, 0.15) is 41.5 Å². The summed E-state index contributed by atoms with van der Waals surface area (Å²) in [6, 6.07) is -1.09. The van der Waals surface area contributed by atoms with Crippen molar-refractivity contribution < 1.29 is 24.5 Å².